The quantitative estimate of drug-likeness (QED) is 0.802. The van der Waals surface area contributed by atoms with Gasteiger partial charge in [0.2, 0.25) is 0 Å². The minimum atomic E-state index is -0.831. The number of methoxy groups -OCH3 is 1. The molecule has 1 rings (SSSR count). The highest BCUT2D eigenvalue weighted by molar-refractivity contribution is 7.99. The van der Waals surface area contributed by atoms with Gasteiger partial charge in [0, 0.05) is 5.75 Å². The summed E-state index contributed by atoms with van der Waals surface area (Å²) in [5.74, 6) is -0.540. The fraction of sp³-hybridized carbons (Fsp3) is 0.385. The van der Waals surface area contributed by atoms with E-state index < -0.39 is 11.9 Å². The largest absolute Gasteiger partial charge is 0.481 e. The molecule has 0 radical (unpaired) electrons. The predicted octanol–water partition coefficient (Wildman–Crippen LogP) is 2.28. The molecule has 0 heterocycles. The summed E-state index contributed by atoms with van der Waals surface area (Å²) in [6.07, 6.45) is 0. The molecule has 1 aromatic carbocycles. The number of rotatable bonds is 6. The third-order valence-electron chi connectivity index (χ3n) is 2.57. The van der Waals surface area contributed by atoms with E-state index in [1.165, 1.54) is 18.9 Å². The van der Waals surface area contributed by atoms with Crippen molar-refractivity contribution in [1.82, 2.24) is 0 Å². The second-order valence-corrected chi connectivity index (χ2v) is 4.86. The van der Waals surface area contributed by atoms with Crippen LogP contribution in [0, 0.1) is 0 Å². The van der Waals surface area contributed by atoms with E-state index in [2.05, 4.69) is 4.74 Å². The van der Waals surface area contributed by atoms with Crippen molar-refractivity contribution in [3.05, 3.63) is 35.4 Å². The van der Waals surface area contributed by atoms with Crippen LogP contribution >= 0.6 is 11.8 Å². The molecule has 0 bridgehead atoms. The first kappa shape index (κ1) is 14.6. The molecule has 4 nitrogen and oxygen atoms in total. The highest BCUT2D eigenvalue weighted by atomic mass is 32.2. The Morgan fingerprint density at radius 1 is 1.33 bits per heavy atom. The van der Waals surface area contributed by atoms with Gasteiger partial charge in [0.05, 0.1) is 18.8 Å². The van der Waals surface area contributed by atoms with Crippen LogP contribution in [0.1, 0.15) is 24.0 Å². The van der Waals surface area contributed by atoms with E-state index in [0.717, 1.165) is 11.1 Å². The van der Waals surface area contributed by atoms with Crippen molar-refractivity contribution in [2.75, 3.05) is 12.9 Å². The van der Waals surface area contributed by atoms with Gasteiger partial charge in [-0.25, -0.2) is 0 Å². The first-order valence-corrected chi connectivity index (χ1v) is 6.66. The number of carbonyl (C=O) groups is 2. The number of hydrogen-bond donors (Lipinski definition) is 1. The van der Waals surface area contributed by atoms with Crippen LogP contribution < -0.4 is 0 Å². The number of benzene rings is 1. The SMILES string of the molecule is COC(=O)CSCc1ccc(C(C)C(=O)O)cc1. The lowest BCUT2D eigenvalue weighted by molar-refractivity contribution is -0.138. The zero-order valence-corrected chi connectivity index (χ0v) is 11.2. The summed E-state index contributed by atoms with van der Waals surface area (Å²) < 4.78 is 4.54. The molecule has 0 aliphatic carbocycles. The van der Waals surface area contributed by atoms with Gasteiger partial charge in [-0.05, 0) is 18.1 Å². The van der Waals surface area contributed by atoms with Crippen LogP contribution in [0.15, 0.2) is 24.3 Å². The smallest absolute Gasteiger partial charge is 0.315 e. The Hall–Kier alpha value is -1.49. The molecule has 0 amide bonds. The van der Waals surface area contributed by atoms with Crippen molar-refractivity contribution in [2.24, 2.45) is 0 Å². The minimum absolute atomic E-state index is 0.240. The Labute approximate surface area is 110 Å². The van der Waals surface area contributed by atoms with Crippen LogP contribution in [0.5, 0.6) is 0 Å². The third kappa shape index (κ3) is 4.41. The van der Waals surface area contributed by atoms with Crippen LogP contribution in [0.25, 0.3) is 0 Å². The van der Waals surface area contributed by atoms with E-state index in [-0.39, 0.29) is 5.97 Å². The van der Waals surface area contributed by atoms with E-state index in [0.29, 0.717) is 11.5 Å². The fourth-order valence-electron chi connectivity index (χ4n) is 1.36. The fourth-order valence-corrected chi connectivity index (χ4v) is 2.17. The van der Waals surface area contributed by atoms with Crippen LogP contribution in [-0.2, 0) is 20.1 Å². The Morgan fingerprint density at radius 2 is 1.94 bits per heavy atom. The summed E-state index contributed by atoms with van der Waals surface area (Å²) in [6, 6.07) is 7.40. The lowest BCUT2D eigenvalue weighted by Gasteiger charge is -2.07. The van der Waals surface area contributed by atoms with E-state index in [9.17, 15) is 9.59 Å². The number of esters is 1. The second kappa shape index (κ2) is 7.06. The molecule has 0 aliphatic rings. The summed E-state index contributed by atoms with van der Waals surface area (Å²) in [5.41, 5.74) is 1.84. The molecule has 18 heavy (non-hydrogen) atoms. The molecule has 0 aliphatic heterocycles. The van der Waals surface area contributed by atoms with Gasteiger partial charge in [-0.1, -0.05) is 24.3 Å². The number of carboxylic acid groups (broad SMARTS) is 1. The number of carboxylic acids is 1. The normalized spacial score (nSPS) is 11.9. The summed E-state index contributed by atoms with van der Waals surface area (Å²) >= 11 is 1.47. The molecule has 1 N–H and O–H groups in total. The Morgan fingerprint density at radius 3 is 2.44 bits per heavy atom. The van der Waals surface area contributed by atoms with Crippen LogP contribution in [0.3, 0.4) is 0 Å². The second-order valence-electron chi connectivity index (χ2n) is 3.87. The minimum Gasteiger partial charge on any atom is -0.481 e. The topological polar surface area (TPSA) is 63.6 Å². The van der Waals surface area contributed by atoms with Gasteiger partial charge in [-0.2, -0.15) is 0 Å². The highest BCUT2D eigenvalue weighted by Gasteiger charge is 2.12. The Kier molecular flexibility index (Phi) is 5.71. The van der Waals surface area contributed by atoms with Crippen LogP contribution in [0.4, 0.5) is 0 Å². The summed E-state index contributed by atoms with van der Waals surface area (Å²) in [5, 5.41) is 8.88. The van der Waals surface area contributed by atoms with Gasteiger partial charge in [0.25, 0.3) is 0 Å². The number of aliphatic carboxylic acids is 1. The lowest BCUT2D eigenvalue weighted by Crippen LogP contribution is -2.07. The standard InChI is InChI=1S/C13H16O4S/c1-9(13(15)16)11-5-3-10(4-6-11)7-18-8-12(14)17-2/h3-6,9H,7-8H2,1-2H3,(H,15,16). The van der Waals surface area contributed by atoms with Gasteiger partial charge >= 0.3 is 11.9 Å². The molecule has 98 valence electrons. The van der Waals surface area contributed by atoms with E-state index in [1.807, 2.05) is 24.3 Å². The zero-order valence-electron chi connectivity index (χ0n) is 10.4. The lowest BCUT2D eigenvalue weighted by atomic mass is 10.0. The third-order valence-corrected chi connectivity index (χ3v) is 3.54. The summed E-state index contributed by atoms with van der Waals surface area (Å²) in [7, 11) is 1.37. The van der Waals surface area contributed by atoms with Crippen LogP contribution in [-0.4, -0.2) is 29.9 Å². The van der Waals surface area contributed by atoms with Gasteiger partial charge < -0.3 is 9.84 Å². The molecular weight excluding hydrogens is 252 g/mol. The number of hydrogen-bond acceptors (Lipinski definition) is 4. The maximum absolute atomic E-state index is 10.9. The highest BCUT2D eigenvalue weighted by Crippen LogP contribution is 2.18. The van der Waals surface area contributed by atoms with Gasteiger partial charge in [0.15, 0.2) is 0 Å². The molecule has 0 aromatic heterocycles. The van der Waals surface area contributed by atoms with Crippen molar-refractivity contribution in [1.29, 1.82) is 0 Å². The first-order chi connectivity index (χ1) is 8.54. The predicted molar refractivity (Wildman–Crippen MR) is 70.7 cm³/mol. The van der Waals surface area contributed by atoms with Gasteiger partial charge in [-0.3, -0.25) is 9.59 Å². The molecule has 1 atom stereocenters. The summed E-state index contributed by atoms with van der Waals surface area (Å²) in [6.45, 7) is 1.66. The van der Waals surface area contributed by atoms with E-state index in [4.69, 9.17) is 5.11 Å². The molecule has 0 saturated carbocycles. The van der Waals surface area contributed by atoms with Crippen molar-refractivity contribution in [3.8, 4) is 0 Å². The molecular formula is C13H16O4S. The Balaban J connectivity index is 2.50. The van der Waals surface area contributed by atoms with Crippen molar-refractivity contribution < 1.29 is 19.4 Å². The molecule has 0 spiro atoms. The van der Waals surface area contributed by atoms with Crippen molar-refractivity contribution in [2.45, 2.75) is 18.6 Å². The number of ether oxygens (including phenoxy) is 1. The van der Waals surface area contributed by atoms with Crippen LogP contribution in [0.2, 0.25) is 0 Å². The summed E-state index contributed by atoms with van der Waals surface area (Å²) in [4.78, 5) is 21.7. The molecule has 0 fully saturated rings. The van der Waals surface area contributed by atoms with E-state index >= 15 is 0 Å². The maximum Gasteiger partial charge on any atom is 0.315 e. The van der Waals surface area contributed by atoms with Crippen molar-refractivity contribution >= 4 is 23.7 Å². The number of carbonyl (C=O) groups excluding carboxylic acids is 1. The zero-order chi connectivity index (χ0) is 13.5. The number of thioether (sulfide) groups is 1. The molecule has 0 saturated heterocycles. The van der Waals surface area contributed by atoms with Gasteiger partial charge in [-0.15, -0.1) is 11.8 Å². The monoisotopic (exact) mass is 268 g/mol. The average molecular weight is 268 g/mol. The first-order valence-electron chi connectivity index (χ1n) is 5.50. The average Bonchev–Trinajstić information content (AvgIpc) is 2.38. The maximum atomic E-state index is 10.9. The molecule has 1 aromatic rings. The molecule has 1 unspecified atom stereocenters. The van der Waals surface area contributed by atoms with Crippen molar-refractivity contribution in [3.63, 3.8) is 0 Å². The molecule has 5 heteroatoms. The van der Waals surface area contributed by atoms with Gasteiger partial charge in [0.1, 0.15) is 0 Å². The van der Waals surface area contributed by atoms with E-state index in [1.54, 1.807) is 6.92 Å². The Bertz CT molecular complexity index is 414.